The predicted octanol–water partition coefficient (Wildman–Crippen LogP) is 4.44. The van der Waals surface area contributed by atoms with Crippen molar-refractivity contribution in [1.29, 1.82) is 0 Å². The molecule has 4 aromatic rings. The lowest BCUT2D eigenvalue weighted by Gasteiger charge is -2.10. The molecule has 1 N–H and O–H groups in total. The molecule has 0 saturated heterocycles. The Hall–Kier alpha value is -3.26. The van der Waals surface area contributed by atoms with Gasteiger partial charge in [-0.05, 0) is 48.4 Å². The predicted molar refractivity (Wildman–Crippen MR) is 112 cm³/mol. The molecule has 8 heteroatoms. The van der Waals surface area contributed by atoms with Crippen LogP contribution in [0.2, 0.25) is 0 Å². The summed E-state index contributed by atoms with van der Waals surface area (Å²) in [5.41, 5.74) is 3.19. The molecule has 1 heterocycles. The summed E-state index contributed by atoms with van der Waals surface area (Å²) in [7, 11) is -2.21. The number of nitrogens with zero attached hydrogens (tertiary/aromatic N) is 2. The molecular weight excluding hydrogens is 408 g/mol. The molecule has 0 radical (unpaired) electrons. The summed E-state index contributed by atoms with van der Waals surface area (Å²) < 4.78 is 56.3. The monoisotopic (exact) mass is 427 g/mol. The van der Waals surface area contributed by atoms with Crippen LogP contribution >= 0.6 is 0 Å². The number of nitrogens with one attached hydrogen (secondary N) is 1. The van der Waals surface area contributed by atoms with E-state index in [4.69, 9.17) is 0 Å². The van der Waals surface area contributed by atoms with Crippen LogP contribution < -0.4 is 4.72 Å². The van der Waals surface area contributed by atoms with Gasteiger partial charge in [0.25, 0.3) is 10.0 Å². The van der Waals surface area contributed by atoms with E-state index in [9.17, 15) is 17.2 Å². The number of hydrogen-bond donors (Lipinski definition) is 1. The van der Waals surface area contributed by atoms with Crippen molar-refractivity contribution >= 4 is 26.7 Å². The smallest absolute Gasteiger partial charge is 0.264 e. The highest BCUT2D eigenvalue weighted by molar-refractivity contribution is 7.92. The zero-order valence-electron chi connectivity index (χ0n) is 16.1. The maximum Gasteiger partial charge on any atom is 0.264 e. The van der Waals surface area contributed by atoms with Crippen LogP contribution in [0.4, 0.5) is 14.5 Å². The molecule has 0 unspecified atom stereocenters. The van der Waals surface area contributed by atoms with Crippen molar-refractivity contribution in [2.24, 2.45) is 7.05 Å². The Kier molecular flexibility index (Phi) is 5.26. The number of fused-ring (bicyclic) bond motifs is 1. The minimum atomic E-state index is -4.18. The molecule has 0 amide bonds. The average molecular weight is 427 g/mol. The van der Waals surface area contributed by atoms with Gasteiger partial charge in [0.1, 0.15) is 22.4 Å². The Labute approximate surface area is 173 Å². The van der Waals surface area contributed by atoms with Crippen molar-refractivity contribution in [3.05, 3.63) is 89.8 Å². The van der Waals surface area contributed by atoms with Gasteiger partial charge < -0.3 is 4.57 Å². The summed E-state index contributed by atoms with van der Waals surface area (Å²) in [5, 5.41) is 0. The van der Waals surface area contributed by atoms with Gasteiger partial charge in [-0.3, -0.25) is 4.72 Å². The molecule has 30 heavy (non-hydrogen) atoms. The highest BCUT2D eigenvalue weighted by Crippen LogP contribution is 2.21. The fourth-order valence-corrected chi connectivity index (χ4v) is 4.48. The number of benzene rings is 3. The summed E-state index contributed by atoms with van der Waals surface area (Å²) in [6, 6.07) is 17.1. The second-order valence-corrected chi connectivity index (χ2v) is 8.61. The van der Waals surface area contributed by atoms with Crippen LogP contribution in [0.15, 0.2) is 71.6 Å². The third-order valence-corrected chi connectivity index (χ3v) is 6.29. The number of halogens is 2. The minimum Gasteiger partial charge on any atom is -0.331 e. The Morgan fingerprint density at radius 1 is 0.967 bits per heavy atom. The molecular formula is C22H19F2N3O2S. The fourth-order valence-electron chi connectivity index (χ4n) is 3.37. The number of rotatable bonds is 6. The molecule has 1 aromatic heterocycles. The van der Waals surface area contributed by atoms with Gasteiger partial charge in [0.2, 0.25) is 0 Å². The second kappa shape index (κ2) is 7.87. The first kappa shape index (κ1) is 20.0. The molecule has 0 aliphatic rings. The number of aromatic nitrogens is 2. The van der Waals surface area contributed by atoms with Crippen LogP contribution in [0.25, 0.3) is 11.0 Å². The van der Waals surface area contributed by atoms with Crippen molar-refractivity contribution in [3.63, 3.8) is 0 Å². The zero-order chi connectivity index (χ0) is 21.3. The number of sulfonamides is 1. The van der Waals surface area contributed by atoms with Crippen molar-refractivity contribution in [1.82, 2.24) is 9.55 Å². The molecule has 0 bridgehead atoms. The number of imidazole rings is 1. The molecule has 0 atom stereocenters. The second-order valence-electron chi connectivity index (χ2n) is 6.96. The Bertz CT molecular complexity index is 1330. The van der Waals surface area contributed by atoms with E-state index in [1.807, 2.05) is 41.9 Å². The van der Waals surface area contributed by atoms with E-state index in [0.29, 0.717) is 24.6 Å². The topological polar surface area (TPSA) is 64.0 Å². The van der Waals surface area contributed by atoms with Crippen LogP contribution in [-0.4, -0.2) is 18.0 Å². The molecule has 0 saturated carbocycles. The van der Waals surface area contributed by atoms with E-state index in [-0.39, 0.29) is 0 Å². The van der Waals surface area contributed by atoms with Crippen molar-refractivity contribution < 1.29 is 17.2 Å². The molecule has 3 aromatic carbocycles. The fraction of sp³-hybridized carbons (Fsp3) is 0.136. The summed E-state index contributed by atoms with van der Waals surface area (Å²) in [4.78, 5) is 4.04. The zero-order valence-corrected chi connectivity index (χ0v) is 17.0. The van der Waals surface area contributed by atoms with E-state index in [1.54, 1.807) is 18.2 Å². The van der Waals surface area contributed by atoms with Crippen LogP contribution in [-0.2, 0) is 29.9 Å². The number of para-hydroxylation sites is 2. The number of aryl methyl sites for hydroxylation is 3. The molecule has 154 valence electrons. The largest absolute Gasteiger partial charge is 0.331 e. The first-order chi connectivity index (χ1) is 14.3. The molecule has 5 nitrogen and oxygen atoms in total. The molecule has 4 rings (SSSR count). The van der Waals surface area contributed by atoms with E-state index in [2.05, 4.69) is 9.71 Å². The Balaban J connectivity index is 1.51. The van der Waals surface area contributed by atoms with E-state index in [0.717, 1.165) is 34.6 Å². The summed E-state index contributed by atoms with van der Waals surface area (Å²) in [6.07, 6.45) is 1.33. The number of hydrogen-bond acceptors (Lipinski definition) is 3. The minimum absolute atomic E-state index is 0.307. The van der Waals surface area contributed by atoms with Gasteiger partial charge in [0, 0.05) is 25.2 Å². The van der Waals surface area contributed by atoms with Gasteiger partial charge in [-0.2, -0.15) is 0 Å². The average Bonchev–Trinajstić information content (AvgIpc) is 3.02. The normalized spacial score (nSPS) is 11.7. The van der Waals surface area contributed by atoms with Crippen LogP contribution in [0, 0.1) is 11.6 Å². The van der Waals surface area contributed by atoms with Gasteiger partial charge in [0.05, 0.1) is 11.0 Å². The lowest BCUT2D eigenvalue weighted by atomic mass is 10.1. The van der Waals surface area contributed by atoms with Crippen LogP contribution in [0.5, 0.6) is 0 Å². The van der Waals surface area contributed by atoms with Gasteiger partial charge in [-0.1, -0.05) is 24.3 Å². The van der Waals surface area contributed by atoms with Gasteiger partial charge in [0.15, 0.2) is 0 Å². The first-order valence-corrected chi connectivity index (χ1v) is 10.8. The van der Waals surface area contributed by atoms with Crippen molar-refractivity contribution in [2.75, 3.05) is 4.72 Å². The van der Waals surface area contributed by atoms with E-state index < -0.39 is 26.6 Å². The summed E-state index contributed by atoms with van der Waals surface area (Å²) >= 11 is 0. The van der Waals surface area contributed by atoms with Crippen molar-refractivity contribution in [3.8, 4) is 0 Å². The van der Waals surface area contributed by atoms with Crippen molar-refractivity contribution in [2.45, 2.75) is 17.7 Å². The van der Waals surface area contributed by atoms with E-state index in [1.165, 1.54) is 0 Å². The van der Waals surface area contributed by atoms with Gasteiger partial charge in [-0.15, -0.1) is 0 Å². The molecule has 0 aliphatic carbocycles. The third-order valence-electron chi connectivity index (χ3n) is 4.88. The van der Waals surface area contributed by atoms with Gasteiger partial charge >= 0.3 is 0 Å². The standard InChI is InChI=1S/C22H19F2N3O2S/c1-27-20-8-3-2-7-19(20)25-22(27)12-9-15-5-4-6-17(13-15)26-30(28,29)21-11-10-16(23)14-18(21)24/h2-8,10-11,13-14,26H,9,12H2,1H3. The molecule has 0 aliphatic heterocycles. The molecule has 0 spiro atoms. The summed E-state index contributed by atoms with van der Waals surface area (Å²) in [5.74, 6) is -1.05. The van der Waals surface area contributed by atoms with Crippen LogP contribution in [0.1, 0.15) is 11.4 Å². The van der Waals surface area contributed by atoms with Gasteiger partial charge in [-0.25, -0.2) is 22.2 Å². The Morgan fingerprint density at radius 3 is 2.53 bits per heavy atom. The Morgan fingerprint density at radius 2 is 1.77 bits per heavy atom. The summed E-state index contributed by atoms with van der Waals surface area (Å²) in [6.45, 7) is 0. The molecule has 0 fully saturated rings. The highest BCUT2D eigenvalue weighted by Gasteiger charge is 2.20. The maximum atomic E-state index is 13.9. The SMILES string of the molecule is Cn1c(CCc2cccc(NS(=O)(=O)c3ccc(F)cc3F)c2)nc2ccccc21. The lowest BCUT2D eigenvalue weighted by molar-refractivity contribution is 0.551. The highest BCUT2D eigenvalue weighted by atomic mass is 32.2. The third kappa shape index (κ3) is 4.04. The van der Waals surface area contributed by atoms with E-state index >= 15 is 0 Å². The quantitative estimate of drug-likeness (QED) is 0.495. The number of anilines is 1. The maximum absolute atomic E-state index is 13.9. The lowest BCUT2D eigenvalue weighted by Crippen LogP contribution is -2.15. The van der Waals surface area contributed by atoms with Crippen LogP contribution in [0.3, 0.4) is 0 Å². The first-order valence-electron chi connectivity index (χ1n) is 9.31.